The van der Waals surface area contributed by atoms with Crippen molar-refractivity contribution < 1.29 is 44.1 Å². The maximum absolute atomic E-state index is 12.9. The van der Waals surface area contributed by atoms with E-state index in [1.807, 2.05) is 0 Å². The van der Waals surface area contributed by atoms with Gasteiger partial charge in [-0.3, -0.25) is 24.0 Å². The Morgan fingerprint density at radius 1 is 1.00 bits per heavy atom. The zero-order valence-corrected chi connectivity index (χ0v) is 17.9. The Hall–Kier alpha value is -3.22. The molecule has 32 heavy (non-hydrogen) atoms. The van der Waals surface area contributed by atoms with Crippen molar-refractivity contribution >= 4 is 35.6 Å². The third-order valence-electron chi connectivity index (χ3n) is 5.06. The average Bonchev–Trinajstić information content (AvgIpc) is 3.17. The molecule has 1 heterocycles. The first-order valence-electron chi connectivity index (χ1n) is 10.2. The van der Waals surface area contributed by atoms with Gasteiger partial charge in [0.15, 0.2) is 0 Å². The highest BCUT2D eigenvalue weighted by molar-refractivity contribution is 5.95. The van der Waals surface area contributed by atoms with E-state index in [0.717, 1.165) is 4.90 Å². The van der Waals surface area contributed by atoms with Gasteiger partial charge in [0.1, 0.15) is 18.1 Å². The van der Waals surface area contributed by atoms with Crippen molar-refractivity contribution in [2.45, 2.75) is 70.1 Å². The van der Waals surface area contributed by atoms with E-state index in [1.165, 1.54) is 0 Å². The lowest BCUT2D eigenvalue weighted by molar-refractivity contribution is -0.150. The van der Waals surface area contributed by atoms with E-state index in [9.17, 15) is 33.9 Å². The Bertz CT molecular complexity index is 755. The Labute approximate surface area is 184 Å². The molecule has 1 fully saturated rings. The lowest BCUT2D eigenvalue weighted by Gasteiger charge is -2.29. The van der Waals surface area contributed by atoms with Gasteiger partial charge in [-0.15, -0.1) is 0 Å². The smallest absolute Gasteiger partial charge is 0.326 e. The van der Waals surface area contributed by atoms with Gasteiger partial charge in [0.05, 0.1) is 12.5 Å². The normalized spacial score (nSPS) is 18.5. The number of carbonyl (C=O) groups excluding carboxylic acids is 3. The van der Waals surface area contributed by atoms with E-state index in [2.05, 4.69) is 10.6 Å². The number of aliphatic carboxylic acids is 3. The molecule has 1 saturated heterocycles. The van der Waals surface area contributed by atoms with Gasteiger partial charge in [-0.25, -0.2) is 4.79 Å². The first-order valence-corrected chi connectivity index (χ1v) is 10.2. The van der Waals surface area contributed by atoms with Gasteiger partial charge in [-0.2, -0.15) is 0 Å². The molecule has 0 aromatic heterocycles. The maximum atomic E-state index is 12.9. The largest absolute Gasteiger partial charge is 0.481 e. The summed E-state index contributed by atoms with van der Waals surface area (Å²) in [6.07, 6.45) is -0.685. The Balaban J connectivity index is 2.99. The highest BCUT2D eigenvalue weighted by Gasteiger charge is 2.38. The molecule has 13 heteroatoms. The summed E-state index contributed by atoms with van der Waals surface area (Å²) >= 11 is 0. The minimum Gasteiger partial charge on any atom is -0.481 e. The molecule has 1 aliphatic rings. The molecule has 4 atom stereocenters. The third-order valence-corrected chi connectivity index (χ3v) is 5.06. The predicted octanol–water partition coefficient (Wildman–Crippen LogP) is -1.65. The van der Waals surface area contributed by atoms with E-state index in [-0.39, 0.29) is 19.4 Å². The average molecular weight is 458 g/mol. The number of nitrogens with zero attached hydrogens (tertiary/aromatic N) is 1. The van der Waals surface area contributed by atoms with Gasteiger partial charge in [0.2, 0.25) is 17.7 Å². The first kappa shape index (κ1) is 26.8. The van der Waals surface area contributed by atoms with Crippen LogP contribution in [0.3, 0.4) is 0 Å². The van der Waals surface area contributed by atoms with Crippen molar-refractivity contribution in [1.82, 2.24) is 15.5 Å². The van der Waals surface area contributed by atoms with Crippen LogP contribution in [0.4, 0.5) is 0 Å². The fourth-order valence-corrected chi connectivity index (χ4v) is 3.35. The number of carboxylic acid groups (broad SMARTS) is 3. The zero-order valence-electron chi connectivity index (χ0n) is 17.9. The fourth-order valence-electron chi connectivity index (χ4n) is 3.35. The Kier molecular flexibility index (Phi) is 10.0. The number of carbonyl (C=O) groups is 6. The predicted molar refractivity (Wildman–Crippen MR) is 108 cm³/mol. The van der Waals surface area contributed by atoms with Crippen molar-refractivity contribution in [1.29, 1.82) is 0 Å². The molecular weight excluding hydrogens is 428 g/mol. The SMILES string of the molecule is CC(C)C(NC(=O)C(N)CC(=O)O)C(=O)NC(CCC(=O)O)C(=O)N1CCCC1C(=O)O. The molecule has 0 radical (unpaired) electrons. The minimum absolute atomic E-state index is 0.156. The summed E-state index contributed by atoms with van der Waals surface area (Å²) in [4.78, 5) is 72.2. The van der Waals surface area contributed by atoms with Crippen LogP contribution >= 0.6 is 0 Å². The van der Waals surface area contributed by atoms with Gasteiger partial charge in [-0.05, 0) is 25.2 Å². The molecule has 4 unspecified atom stereocenters. The number of carboxylic acids is 3. The molecule has 180 valence electrons. The Morgan fingerprint density at radius 3 is 2.12 bits per heavy atom. The van der Waals surface area contributed by atoms with Crippen LogP contribution < -0.4 is 16.4 Å². The molecule has 0 aromatic carbocycles. The molecule has 0 bridgehead atoms. The van der Waals surface area contributed by atoms with Crippen LogP contribution in [0, 0.1) is 5.92 Å². The monoisotopic (exact) mass is 458 g/mol. The van der Waals surface area contributed by atoms with Crippen molar-refractivity contribution in [3.8, 4) is 0 Å². The summed E-state index contributed by atoms with van der Waals surface area (Å²) in [5.41, 5.74) is 5.52. The molecule has 7 N–H and O–H groups in total. The second-order valence-corrected chi connectivity index (χ2v) is 7.96. The Morgan fingerprint density at radius 2 is 1.62 bits per heavy atom. The van der Waals surface area contributed by atoms with E-state index in [4.69, 9.17) is 15.9 Å². The number of nitrogens with two attached hydrogens (primary N) is 1. The molecule has 1 rings (SSSR count). The van der Waals surface area contributed by atoms with E-state index < -0.39 is 78.6 Å². The topological polar surface area (TPSA) is 216 Å². The maximum Gasteiger partial charge on any atom is 0.326 e. The fraction of sp³-hybridized carbons (Fsp3) is 0.684. The minimum atomic E-state index is -1.40. The van der Waals surface area contributed by atoms with Crippen molar-refractivity contribution in [2.24, 2.45) is 11.7 Å². The van der Waals surface area contributed by atoms with E-state index in [0.29, 0.717) is 6.42 Å². The van der Waals surface area contributed by atoms with E-state index in [1.54, 1.807) is 13.8 Å². The summed E-state index contributed by atoms with van der Waals surface area (Å²) in [7, 11) is 0. The number of hydrogen-bond acceptors (Lipinski definition) is 7. The number of hydrogen-bond donors (Lipinski definition) is 6. The summed E-state index contributed by atoms with van der Waals surface area (Å²) < 4.78 is 0. The number of likely N-dealkylation sites (tertiary alicyclic amines) is 1. The highest BCUT2D eigenvalue weighted by Crippen LogP contribution is 2.20. The van der Waals surface area contributed by atoms with E-state index >= 15 is 0 Å². The van der Waals surface area contributed by atoms with Gasteiger partial charge in [0.25, 0.3) is 0 Å². The van der Waals surface area contributed by atoms with Gasteiger partial charge in [-0.1, -0.05) is 13.8 Å². The second kappa shape index (κ2) is 12.0. The van der Waals surface area contributed by atoms with Crippen LogP contribution in [0.5, 0.6) is 0 Å². The van der Waals surface area contributed by atoms with Crippen molar-refractivity contribution in [3.63, 3.8) is 0 Å². The highest BCUT2D eigenvalue weighted by atomic mass is 16.4. The lowest BCUT2D eigenvalue weighted by Crippen LogP contribution is -2.58. The second-order valence-electron chi connectivity index (χ2n) is 7.96. The van der Waals surface area contributed by atoms with Crippen LogP contribution in [-0.2, 0) is 28.8 Å². The van der Waals surface area contributed by atoms with Crippen LogP contribution in [-0.4, -0.2) is 86.6 Å². The summed E-state index contributed by atoms with van der Waals surface area (Å²) in [6.45, 7) is 3.36. The molecule has 0 saturated carbocycles. The van der Waals surface area contributed by atoms with Gasteiger partial charge >= 0.3 is 17.9 Å². The van der Waals surface area contributed by atoms with Crippen molar-refractivity contribution in [3.05, 3.63) is 0 Å². The summed E-state index contributed by atoms with van der Waals surface area (Å²) in [5, 5.41) is 31.8. The molecule has 3 amide bonds. The zero-order chi connectivity index (χ0) is 24.6. The lowest BCUT2D eigenvalue weighted by atomic mass is 10.0. The van der Waals surface area contributed by atoms with Gasteiger partial charge < -0.3 is 36.6 Å². The summed E-state index contributed by atoms with van der Waals surface area (Å²) in [6, 6.07) is -4.96. The quantitative estimate of drug-likeness (QED) is 0.196. The molecule has 1 aliphatic heterocycles. The number of nitrogens with one attached hydrogen (secondary N) is 2. The molecular formula is C19H30N4O9. The van der Waals surface area contributed by atoms with Crippen molar-refractivity contribution in [2.75, 3.05) is 6.54 Å². The third kappa shape index (κ3) is 7.80. The number of rotatable bonds is 12. The molecule has 0 aromatic rings. The van der Waals surface area contributed by atoms with Crippen LogP contribution in [0.2, 0.25) is 0 Å². The molecule has 0 spiro atoms. The van der Waals surface area contributed by atoms with Crippen LogP contribution in [0.1, 0.15) is 46.0 Å². The first-order chi connectivity index (χ1) is 14.8. The van der Waals surface area contributed by atoms with Crippen LogP contribution in [0.15, 0.2) is 0 Å². The van der Waals surface area contributed by atoms with Crippen LogP contribution in [0.25, 0.3) is 0 Å². The molecule has 13 nitrogen and oxygen atoms in total. The number of amides is 3. The summed E-state index contributed by atoms with van der Waals surface area (Å²) in [5.74, 6) is -6.58. The molecule has 0 aliphatic carbocycles. The standard InChI is InChI=1S/C19H30N4O9/c1-9(2)15(22-16(28)10(20)8-14(26)27)17(29)21-11(5-6-13(24)25)18(30)23-7-3-4-12(23)19(31)32/h9-12,15H,3-8,20H2,1-2H3,(H,21,29)(H,22,28)(H,24,25)(H,26,27)(H,31,32). The van der Waals surface area contributed by atoms with Gasteiger partial charge in [0, 0.05) is 13.0 Å².